The molecule has 0 aliphatic carbocycles. The molecule has 0 aliphatic rings. The highest BCUT2D eigenvalue weighted by Crippen LogP contribution is 2.26. The summed E-state index contributed by atoms with van der Waals surface area (Å²) in [5.41, 5.74) is 0.824. The van der Waals surface area contributed by atoms with Gasteiger partial charge >= 0.3 is 0 Å². The van der Waals surface area contributed by atoms with E-state index in [2.05, 4.69) is 9.97 Å². The van der Waals surface area contributed by atoms with E-state index < -0.39 is 5.82 Å². The van der Waals surface area contributed by atoms with Gasteiger partial charge in [-0.15, -0.1) is 0 Å². The van der Waals surface area contributed by atoms with Crippen LogP contribution in [0.3, 0.4) is 0 Å². The van der Waals surface area contributed by atoms with Crippen molar-refractivity contribution in [2.45, 2.75) is 6.92 Å². The number of aryl methyl sites for hydroxylation is 1. The van der Waals surface area contributed by atoms with E-state index >= 15 is 0 Å². The van der Waals surface area contributed by atoms with Crippen molar-refractivity contribution in [2.75, 3.05) is 0 Å². The van der Waals surface area contributed by atoms with Crippen LogP contribution in [0.4, 0.5) is 4.39 Å². The van der Waals surface area contributed by atoms with Gasteiger partial charge in [0.15, 0.2) is 0 Å². The second-order valence-corrected chi connectivity index (χ2v) is 4.05. The molecule has 1 aromatic carbocycles. The van der Waals surface area contributed by atoms with E-state index in [-0.39, 0.29) is 11.2 Å². The Hall–Kier alpha value is -1.39. The molecular weight excluding hydrogens is 266 g/mol. The zero-order valence-electron chi connectivity index (χ0n) is 8.75. The SMILES string of the molecule is Cc1cc(Oc2nc(Cl)ncc2F)ccc1Cl. The zero-order chi connectivity index (χ0) is 12.4. The molecule has 0 amide bonds. The van der Waals surface area contributed by atoms with Crippen molar-refractivity contribution < 1.29 is 9.13 Å². The molecule has 0 radical (unpaired) electrons. The third-order valence-corrected chi connectivity index (χ3v) is 2.63. The van der Waals surface area contributed by atoms with E-state index in [1.807, 2.05) is 6.92 Å². The lowest BCUT2D eigenvalue weighted by Crippen LogP contribution is -1.94. The summed E-state index contributed by atoms with van der Waals surface area (Å²) in [7, 11) is 0. The van der Waals surface area contributed by atoms with Gasteiger partial charge in [-0.25, -0.2) is 4.98 Å². The number of aromatic nitrogens is 2. The maximum Gasteiger partial charge on any atom is 0.260 e. The number of hydrogen-bond acceptors (Lipinski definition) is 3. The second-order valence-electron chi connectivity index (χ2n) is 3.31. The molecule has 3 nitrogen and oxygen atoms in total. The van der Waals surface area contributed by atoms with Crippen molar-refractivity contribution in [3.63, 3.8) is 0 Å². The molecule has 0 spiro atoms. The first-order valence-corrected chi connectivity index (χ1v) is 5.44. The van der Waals surface area contributed by atoms with Crippen LogP contribution in [0.15, 0.2) is 24.4 Å². The molecule has 0 unspecified atom stereocenters. The molecule has 17 heavy (non-hydrogen) atoms. The van der Waals surface area contributed by atoms with Crippen LogP contribution < -0.4 is 4.74 Å². The standard InChI is InChI=1S/C11H7Cl2FN2O/c1-6-4-7(2-3-8(6)12)17-10-9(14)5-15-11(13)16-10/h2-5H,1H3. The highest BCUT2D eigenvalue weighted by molar-refractivity contribution is 6.31. The summed E-state index contributed by atoms with van der Waals surface area (Å²) in [6, 6.07) is 4.95. The van der Waals surface area contributed by atoms with Gasteiger partial charge in [-0.05, 0) is 42.3 Å². The Morgan fingerprint density at radius 3 is 2.76 bits per heavy atom. The fourth-order valence-corrected chi connectivity index (χ4v) is 1.44. The summed E-state index contributed by atoms with van der Waals surface area (Å²) in [5, 5.41) is 0.533. The van der Waals surface area contributed by atoms with E-state index in [1.165, 1.54) is 0 Å². The molecule has 6 heteroatoms. The quantitative estimate of drug-likeness (QED) is 0.775. The minimum absolute atomic E-state index is 0.0768. The van der Waals surface area contributed by atoms with E-state index in [1.54, 1.807) is 18.2 Å². The molecule has 88 valence electrons. The summed E-state index contributed by atoms with van der Waals surface area (Å²) in [4.78, 5) is 7.14. The Morgan fingerprint density at radius 1 is 1.29 bits per heavy atom. The molecule has 0 bridgehead atoms. The normalized spacial score (nSPS) is 10.4. The number of nitrogens with zero attached hydrogens (tertiary/aromatic N) is 2. The van der Waals surface area contributed by atoms with Crippen LogP contribution in [0, 0.1) is 12.7 Å². The summed E-state index contributed by atoms with van der Waals surface area (Å²) in [5.74, 6) is -0.464. The van der Waals surface area contributed by atoms with Crippen LogP contribution in [-0.2, 0) is 0 Å². The minimum atomic E-state index is -0.679. The minimum Gasteiger partial charge on any atom is -0.436 e. The fourth-order valence-electron chi connectivity index (χ4n) is 1.20. The average Bonchev–Trinajstić information content (AvgIpc) is 2.29. The van der Waals surface area contributed by atoms with E-state index in [9.17, 15) is 4.39 Å². The predicted octanol–water partition coefficient (Wildman–Crippen LogP) is 4.02. The number of halogens is 3. The molecule has 1 heterocycles. The van der Waals surface area contributed by atoms with Crippen LogP contribution in [-0.4, -0.2) is 9.97 Å². The van der Waals surface area contributed by atoms with E-state index in [0.717, 1.165) is 11.8 Å². The molecule has 0 saturated carbocycles. The van der Waals surface area contributed by atoms with Gasteiger partial charge in [0.25, 0.3) is 5.88 Å². The first-order chi connectivity index (χ1) is 8.06. The Bertz CT molecular complexity index is 563. The van der Waals surface area contributed by atoms with Crippen molar-refractivity contribution in [2.24, 2.45) is 0 Å². The average molecular weight is 273 g/mol. The lowest BCUT2D eigenvalue weighted by atomic mass is 10.2. The van der Waals surface area contributed by atoms with Crippen molar-refractivity contribution in [3.8, 4) is 11.6 Å². The number of rotatable bonds is 2. The maximum absolute atomic E-state index is 13.3. The Morgan fingerprint density at radius 2 is 2.06 bits per heavy atom. The largest absolute Gasteiger partial charge is 0.436 e. The van der Waals surface area contributed by atoms with Crippen LogP contribution in [0.5, 0.6) is 11.6 Å². The van der Waals surface area contributed by atoms with E-state index in [4.69, 9.17) is 27.9 Å². The third kappa shape index (κ3) is 2.84. The highest BCUT2D eigenvalue weighted by atomic mass is 35.5. The molecule has 1 aromatic heterocycles. The summed E-state index contributed by atoms with van der Waals surface area (Å²) >= 11 is 11.4. The van der Waals surface area contributed by atoms with Gasteiger partial charge in [0.05, 0.1) is 6.20 Å². The van der Waals surface area contributed by atoms with E-state index in [0.29, 0.717) is 10.8 Å². The monoisotopic (exact) mass is 272 g/mol. The van der Waals surface area contributed by atoms with Crippen molar-refractivity contribution in [1.29, 1.82) is 0 Å². The first-order valence-electron chi connectivity index (χ1n) is 4.68. The first kappa shape index (κ1) is 12.1. The smallest absolute Gasteiger partial charge is 0.260 e. The zero-order valence-corrected chi connectivity index (χ0v) is 10.3. The molecular formula is C11H7Cl2FN2O. The predicted molar refractivity (Wildman–Crippen MR) is 63.3 cm³/mol. The number of hydrogen-bond donors (Lipinski definition) is 0. The Kier molecular flexibility index (Phi) is 3.45. The van der Waals surface area contributed by atoms with Crippen molar-refractivity contribution in [3.05, 3.63) is 46.1 Å². The Balaban J connectivity index is 2.31. The molecule has 0 aliphatic heterocycles. The third-order valence-electron chi connectivity index (χ3n) is 2.03. The molecule has 2 rings (SSSR count). The summed E-state index contributed by atoms with van der Waals surface area (Å²) in [6.45, 7) is 1.82. The highest BCUT2D eigenvalue weighted by Gasteiger charge is 2.09. The van der Waals surface area contributed by atoms with Crippen molar-refractivity contribution >= 4 is 23.2 Å². The number of ether oxygens (including phenoxy) is 1. The van der Waals surface area contributed by atoms with Gasteiger partial charge in [-0.2, -0.15) is 9.37 Å². The van der Waals surface area contributed by atoms with Gasteiger partial charge in [0.1, 0.15) is 5.75 Å². The lowest BCUT2D eigenvalue weighted by Gasteiger charge is -2.06. The topological polar surface area (TPSA) is 35.0 Å². The van der Waals surface area contributed by atoms with Gasteiger partial charge in [-0.1, -0.05) is 11.6 Å². The second kappa shape index (κ2) is 4.85. The van der Waals surface area contributed by atoms with Gasteiger partial charge in [0, 0.05) is 5.02 Å². The van der Waals surface area contributed by atoms with Crippen LogP contribution in [0.1, 0.15) is 5.56 Å². The molecule has 0 fully saturated rings. The molecule has 2 aromatic rings. The number of benzene rings is 1. The molecule has 0 atom stereocenters. The molecule has 0 saturated heterocycles. The van der Waals surface area contributed by atoms with Gasteiger partial charge in [-0.3, -0.25) is 0 Å². The fraction of sp³-hybridized carbons (Fsp3) is 0.0909. The maximum atomic E-state index is 13.3. The van der Waals surface area contributed by atoms with Gasteiger partial charge < -0.3 is 4.74 Å². The van der Waals surface area contributed by atoms with Crippen LogP contribution >= 0.6 is 23.2 Å². The summed E-state index contributed by atoms with van der Waals surface area (Å²) in [6.07, 6.45) is 0.952. The van der Waals surface area contributed by atoms with Gasteiger partial charge in [0.2, 0.25) is 11.1 Å². The molecule has 0 N–H and O–H groups in total. The lowest BCUT2D eigenvalue weighted by molar-refractivity contribution is 0.419. The Labute approximate surface area is 107 Å². The van der Waals surface area contributed by atoms with Crippen LogP contribution in [0.2, 0.25) is 10.3 Å². The van der Waals surface area contributed by atoms with Crippen molar-refractivity contribution in [1.82, 2.24) is 9.97 Å². The summed E-state index contributed by atoms with van der Waals surface area (Å²) < 4.78 is 18.6. The van der Waals surface area contributed by atoms with Crippen LogP contribution in [0.25, 0.3) is 0 Å².